The summed E-state index contributed by atoms with van der Waals surface area (Å²) in [6.07, 6.45) is 0. The second kappa shape index (κ2) is 5.83. The molecule has 0 nitrogen and oxygen atoms in total. The van der Waals surface area contributed by atoms with Crippen LogP contribution in [-0.2, 0) is 0 Å². The van der Waals surface area contributed by atoms with Gasteiger partial charge in [0.25, 0.3) is 0 Å². The first kappa shape index (κ1) is 13.7. The molecule has 0 aliphatic rings. The van der Waals surface area contributed by atoms with Gasteiger partial charge in [0.05, 0.1) is 0 Å². The molecule has 0 aliphatic heterocycles. The van der Waals surface area contributed by atoms with Gasteiger partial charge < -0.3 is 0 Å². The van der Waals surface area contributed by atoms with Gasteiger partial charge in [0.1, 0.15) is 0 Å². The Morgan fingerprint density at radius 3 is 1.00 bits per heavy atom. The van der Waals surface area contributed by atoms with E-state index in [1.807, 2.05) is 0 Å². The lowest BCUT2D eigenvalue weighted by atomic mass is 10.0. The van der Waals surface area contributed by atoms with Crippen LogP contribution < -0.4 is 0 Å². The molecule has 3 heteroatoms. The molecule has 1 rings (SSSR count). The van der Waals surface area contributed by atoms with Crippen LogP contribution in [0.5, 0.6) is 0 Å². The van der Waals surface area contributed by atoms with Gasteiger partial charge in [0.2, 0.25) is 0 Å². The van der Waals surface area contributed by atoms with E-state index in [1.54, 1.807) is 0 Å². The van der Waals surface area contributed by atoms with Crippen molar-refractivity contribution in [3.8, 4) is 0 Å². The molecule has 0 aliphatic carbocycles. The largest absolute Gasteiger partial charge is 0.0842 e. The van der Waals surface area contributed by atoms with Gasteiger partial charge in [0, 0.05) is 14.5 Å². The van der Waals surface area contributed by atoms with E-state index in [4.69, 9.17) is 0 Å². The van der Waals surface area contributed by atoms with Gasteiger partial charge >= 0.3 is 0 Å². The Hall–Kier alpha value is 0.660. The molecule has 1 aromatic rings. The molecule has 0 heterocycles. The fraction of sp³-hybridized carbons (Fsp3) is 0.500. The molecule has 0 N–H and O–H groups in total. The van der Waals surface area contributed by atoms with Crippen molar-refractivity contribution in [2.75, 3.05) is 0 Å². The lowest BCUT2D eigenvalue weighted by molar-refractivity contribution is 1.03. The van der Waals surface area contributed by atoms with Crippen LogP contribution in [0.3, 0.4) is 0 Å². The molecule has 3 atom stereocenters. The highest BCUT2D eigenvalue weighted by atomic mass is 79.9. The third kappa shape index (κ3) is 3.86. The van der Waals surface area contributed by atoms with Crippen molar-refractivity contribution in [3.05, 3.63) is 34.9 Å². The Bertz CT molecular complexity index is 265. The number of halogens is 3. The van der Waals surface area contributed by atoms with E-state index < -0.39 is 0 Å². The van der Waals surface area contributed by atoms with Crippen LogP contribution in [0.1, 0.15) is 51.9 Å². The third-order valence-corrected chi connectivity index (χ3v) is 3.96. The highest BCUT2D eigenvalue weighted by Gasteiger charge is 2.10. The summed E-state index contributed by atoms with van der Waals surface area (Å²) in [5.41, 5.74) is 4.00. The van der Waals surface area contributed by atoms with Crippen LogP contribution in [0.25, 0.3) is 0 Å². The zero-order valence-corrected chi connectivity index (χ0v) is 13.9. The molecular formula is C12H15Br3. The SMILES string of the molecule is CC(Br)c1cc(C(C)Br)cc(C(C)Br)c1. The van der Waals surface area contributed by atoms with Gasteiger partial charge in [-0.1, -0.05) is 66.0 Å². The second-order valence-corrected chi connectivity index (χ2v) is 7.90. The molecule has 0 aromatic heterocycles. The van der Waals surface area contributed by atoms with E-state index in [-0.39, 0.29) is 0 Å². The van der Waals surface area contributed by atoms with Crippen LogP contribution in [0, 0.1) is 0 Å². The van der Waals surface area contributed by atoms with Crippen LogP contribution in [-0.4, -0.2) is 0 Å². The number of rotatable bonds is 3. The summed E-state index contributed by atoms with van der Waals surface area (Å²) >= 11 is 10.9. The second-order valence-electron chi connectivity index (χ2n) is 3.78. The Morgan fingerprint density at radius 1 is 0.667 bits per heavy atom. The Morgan fingerprint density at radius 2 is 0.867 bits per heavy atom. The van der Waals surface area contributed by atoms with Crippen LogP contribution in [0.4, 0.5) is 0 Å². The first-order valence-corrected chi connectivity index (χ1v) is 7.73. The topological polar surface area (TPSA) is 0 Å². The summed E-state index contributed by atoms with van der Waals surface area (Å²) in [7, 11) is 0. The number of hydrogen-bond donors (Lipinski definition) is 0. The standard InChI is InChI=1S/C12H15Br3/c1-7(13)10-4-11(8(2)14)6-12(5-10)9(3)15/h4-9H,1-3H3. The molecule has 84 valence electrons. The van der Waals surface area contributed by atoms with Crippen LogP contribution in [0.15, 0.2) is 18.2 Å². The molecule has 0 saturated carbocycles. The summed E-state index contributed by atoms with van der Waals surface area (Å²) < 4.78 is 0. The maximum absolute atomic E-state index is 3.62. The van der Waals surface area contributed by atoms with Crippen molar-refractivity contribution in [2.24, 2.45) is 0 Å². The van der Waals surface area contributed by atoms with Gasteiger partial charge in [-0.3, -0.25) is 0 Å². The fourth-order valence-corrected chi connectivity index (χ4v) is 2.18. The number of alkyl halides is 3. The zero-order valence-electron chi connectivity index (χ0n) is 9.10. The smallest absolute Gasteiger partial charge is 0.0367 e. The average molecular weight is 399 g/mol. The van der Waals surface area contributed by atoms with E-state index >= 15 is 0 Å². The summed E-state index contributed by atoms with van der Waals surface area (Å²) in [4.78, 5) is 1.19. The quantitative estimate of drug-likeness (QED) is 0.543. The Balaban J connectivity index is 3.20. The van der Waals surface area contributed by atoms with Gasteiger partial charge in [-0.05, 0) is 37.5 Å². The zero-order chi connectivity index (χ0) is 11.6. The normalized spacial score (nSPS) is 17.2. The molecular weight excluding hydrogens is 384 g/mol. The van der Waals surface area contributed by atoms with E-state index in [2.05, 4.69) is 86.8 Å². The predicted molar refractivity (Wildman–Crippen MR) is 78.5 cm³/mol. The molecule has 0 radical (unpaired) electrons. The minimum Gasteiger partial charge on any atom is -0.0842 e. The van der Waals surface area contributed by atoms with E-state index in [0.717, 1.165) is 0 Å². The Labute approximate surface area is 117 Å². The van der Waals surface area contributed by atoms with E-state index in [0.29, 0.717) is 14.5 Å². The van der Waals surface area contributed by atoms with Crippen molar-refractivity contribution in [2.45, 2.75) is 35.3 Å². The minimum absolute atomic E-state index is 0.397. The summed E-state index contributed by atoms with van der Waals surface area (Å²) in [5.74, 6) is 0. The van der Waals surface area contributed by atoms with Gasteiger partial charge in [0.15, 0.2) is 0 Å². The van der Waals surface area contributed by atoms with Gasteiger partial charge in [-0.25, -0.2) is 0 Å². The molecule has 1 aromatic carbocycles. The summed E-state index contributed by atoms with van der Waals surface area (Å²) in [5, 5.41) is 0. The Kier molecular flexibility index (Phi) is 5.33. The molecule has 0 saturated heterocycles. The maximum Gasteiger partial charge on any atom is 0.0367 e. The summed E-state index contributed by atoms with van der Waals surface area (Å²) in [6, 6.07) is 6.74. The van der Waals surface area contributed by atoms with Crippen molar-refractivity contribution < 1.29 is 0 Å². The molecule has 15 heavy (non-hydrogen) atoms. The van der Waals surface area contributed by atoms with Crippen molar-refractivity contribution in [1.82, 2.24) is 0 Å². The summed E-state index contributed by atoms with van der Waals surface area (Å²) in [6.45, 7) is 6.46. The van der Waals surface area contributed by atoms with E-state index in [1.165, 1.54) is 16.7 Å². The molecule has 0 spiro atoms. The first-order valence-electron chi connectivity index (χ1n) is 4.98. The number of benzene rings is 1. The molecule has 3 unspecified atom stereocenters. The monoisotopic (exact) mass is 396 g/mol. The highest BCUT2D eigenvalue weighted by Crippen LogP contribution is 2.33. The number of hydrogen-bond acceptors (Lipinski definition) is 0. The van der Waals surface area contributed by atoms with Gasteiger partial charge in [-0.2, -0.15) is 0 Å². The minimum atomic E-state index is 0.397. The maximum atomic E-state index is 3.62. The van der Waals surface area contributed by atoms with E-state index in [9.17, 15) is 0 Å². The van der Waals surface area contributed by atoms with Crippen LogP contribution >= 0.6 is 47.8 Å². The highest BCUT2D eigenvalue weighted by molar-refractivity contribution is 9.09. The predicted octanol–water partition coefficient (Wildman–Crippen LogP) is 6.05. The molecule has 0 bridgehead atoms. The van der Waals surface area contributed by atoms with Crippen molar-refractivity contribution in [1.29, 1.82) is 0 Å². The van der Waals surface area contributed by atoms with Gasteiger partial charge in [-0.15, -0.1) is 0 Å². The molecule has 0 amide bonds. The molecule has 0 fully saturated rings. The van der Waals surface area contributed by atoms with Crippen LogP contribution in [0.2, 0.25) is 0 Å². The fourth-order valence-electron chi connectivity index (χ4n) is 1.39. The third-order valence-electron chi connectivity index (χ3n) is 2.38. The van der Waals surface area contributed by atoms with Crippen molar-refractivity contribution in [3.63, 3.8) is 0 Å². The first-order chi connectivity index (χ1) is 6.91. The van der Waals surface area contributed by atoms with Crippen molar-refractivity contribution >= 4 is 47.8 Å². The average Bonchev–Trinajstić information content (AvgIpc) is 2.16. The lowest BCUT2D eigenvalue weighted by Gasteiger charge is -2.14. The lowest BCUT2D eigenvalue weighted by Crippen LogP contribution is -1.94.